The summed E-state index contributed by atoms with van der Waals surface area (Å²) in [5, 5.41) is 14.9. The zero-order chi connectivity index (χ0) is 15.3. The van der Waals surface area contributed by atoms with Crippen LogP contribution in [0.25, 0.3) is 0 Å². The first-order valence-electron chi connectivity index (χ1n) is 8.31. The van der Waals surface area contributed by atoms with Gasteiger partial charge >= 0.3 is 12.0 Å². The van der Waals surface area contributed by atoms with E-state index < -0.39 is 11.5 Å². The van der Waals surface area contributed by atoms with Crippen LogP contribution in [0.2, 0.25) is 0 Å². The van der Waals surface area contributed by atoms with Gasteiger partial charge in [-0.2, -0.15) is 0 Å². The fourth-order valence-electron chi connectivity index (χ4n) is 3.84. The van der Waals surface area contributed by atoms with Crippen molar-refractivity contribution in [1.29, 1.82) is 0 Å². The van der Waals surface area contributed by atoms with Gasteiger partial charge < -0.3 is 15.7 Å². The molecule has 0 saturated heterocycles. The monoisotopic (exact) mass is 296 g/mol. The Bertz CT molecular complexity index is 378. The normalized spacial score (nSPS) is 28.0. The summed E-state index contributed by atoms with van der Waals surface area (Å²) >= 11 is 0. The summed E-state index contributed by atoms with van der Waals surface area (Å²) in [6, 6.07) is -0.330. The third-order valence-corrected chi connectivity index (χ3v) is 5.10. The Labute approximate surface area is 126 Å². The van der Waals surface area contributed by atoms with Crippen LogP contribution in [-0.2, 0) is 4.79 Å². The molecule has 0 aromatic carbocycles. The molecule has 0 radical (unpaired) electrons. The molecule has 120 valence electrons. The number of urea groups is 1. The Morgan fingerprint density at radius 3 is 2.52 bits per heavy atom. The van der Waals surface area contributed by atoms with Crippen molar-refractivity contribution in [3.05, 3.63) is 0 Å². The van der Waals surface area contributed by atoms with Gasteiger partial charge in [0.2, 0.25) is 0 Å². The van der Waals surface area contributed by atoms with Crippen molar-refractivity contribution in [2.24, 2.45) is 11.8 Å². The number of hydrogen-bond acceptors (Lipinski definition) is 2. The van der Waals surface area contributed by atoms with Crippen molar-refractivity contribution < 1.29 is 14.7 Å². The number of aliphatic carboxylic acids is 1. The number of carboxylic acid groups (broad SMARTS) is 1. The summed E-state index contributed by atoms with van der Waals surface area (Å²) in [5.74, 6) is 0.594. The molecule has 0 aromatic heterocycles. The zero-order valence-electron chi connectivity index (χ0n) is 13.0. The highest BCUT2D eigenvalue weighted by atomic mass is 16.4. The van der Waals surface area contributed by atoms with Crippen molar-refractivity contribution in [3.63, 3.8) is 0 Å². The van der Waals surface area contributed by atoms with Crippen molar-refractivity contribution in [2.75, 3.05) is 6.54 Å². The van der Waals surface area contributed by atoms with Crippen molar-refractivity contribution in [2.45, 2.75) is 70.3 Å². The molecule has 0 spiro atoms. The minimum atomic E-state index is -1.04. The van der Waals surface area contributed by atoms with Gasteiger partial charge in [0.05, 0.1) is 0 Å². The van der Waals surface area contributed by atoms with Gasteiger partial charge in [-0.05, 0) is 37.5 Å². The lowest BCUT2D eigenvalue weighted by molar-refractivity contribution is -0.144. The molecule has 2 saturated carbocycles. The molecule has 2 atom stereocenters. The molecule has 2 amide bonds. The molecule has 0 aromatic rings. The van der Waals surface area contributed by atoms with E-state index in [1.165, 1.54) is 25.7 Å². The predicted molar refractivity (Wildman–Crippen MR) is 81.1 cm³/mol. The fourth-order valence-corrected chi connectivity index (χ4v) is 3.84. The third kappa shape index (κ3) is 4.35. The van der Waals surface area contributed by atoms with E-state index in [-0.39, 0.29) is 6.03 Å². The average molecular weight is 296 g/mol. The van der Waals surface area contributed by atoms with Gasteiger partial charge in [-0.25, -0.2) is 9.59 Å². The summed E-state index contributed by atoms with van der Waals surface area (Å²) in [4.78, 5) is 23.3. The van der Waals surface area contributed by atoms with E-state index in [0.29, 0.717) is 25.3 Å². The zero-order valence-corrected chi connectivity index (χ0v) is 13.0. The molecule has 2 fully saturated rings. The summed E-state index contributed by atoms with van der Waals surface area (Å²) in [5.41, 5.74) is -1.04. The van der Waals surface area contributed by atoms with Crippen LogP contribution in [0.4, 0.5) is 4.79 Å². The van der Waals surface area contributed by atoms with Crippen molar-refractivity contribution in [3.8, 4) is 0 Å². The maximum atomic E-state index is 11.9. The maximum Gasteiger partial charge on any atom is 0.329 e. The Hall–Kier alpha value is -1.26. The molecule has 0 heterocycles. The fraction of sp³-hybridized carbons (Fsp3) is 0.875. The largest absolute Gasteiger partial charge is 0.480 e. The highest BCUT2D eigenvalue weighted by molar-refractivity contribution is 5.86. The lowest BCUT2D eigenvalue weighted by Crippen LogP contribution is -2.55. The minimum absolute atomic E-state index is 0.330. The van der Waals surface area contributed by atoms with Gasteiger partial charge in [0, 0.05) is 6.54 Å². The van der Waals surface area contributed by atoms with Crippen LogP contribution >= 0.6 is 0 Å². The molecule has 0 bridgehead atoms. The quantitative estimate of drug-likeness (QED) is 0.730. The number of carbonyl (C=O) groups excluding carboxylic acids is 1. The number of carbonyl (C=O) groups is 2. The summed E-state index contributed by atoms with van der Waals surface area (Å²) < 4.78 is 0. The molecule has 2 aliphatic rings. The number of nitrogens with one attached hydrogen (secondary N) is 2. The SMILES string of the molecule is CC1CCCC(CCNC(=O)NC2(C(=O)O)CCCC2)C1. The van der Waals surface area contributed by atoms with Gasteiger partial charge in [-0.3, -0.25) is 0 Å². The topological polar surface area (TPSA) is 78.4 Å². The minimum Gasteiger partial charge on any atom is -0.480 e. The second-order valence-electron chi connectivity index (χ2n) is 6.90. The van der Waals surface area contributed by atoms with E-state index in [1.54, 1.807) is 0 Å². The summed E-state index contributed by atoms with van der Waals surface area (Å²) in [6.07, 6.45) is 8.93. The number of rotatable bonds is 5. The molecule has 2 rings (SSSR count). The van der Waals surface area contributed by atoms with Gasteiger partial charge in [0.1, 0.15) is 5.54 Å². The summed E-state index contributed by atoms with van der Waals surface area (Å²) in [7, 11) is 0. The lowest BCUT2D eigenvalue weighted by Gasteiger charge is -2.28. The first kappa shape index (κ1) is 16.1. The van der Waals surface area contributed by atoms with Crippen LogP contribution in [0.3, 0.4) is 0 Å². The van der Waals surface area contributed by atoms with Crippen LogP contribution in [0.15, 0.2) is 0 Å². The molecule has 2 unspecified atom stereocenters. The van der Waals surface area contributed by atoms with Gasteiger partial charge in [0.15, 0.2) is 0 Å². The summed E-state index contributed by atoms with van der Waals surface area (Å²) in [6.45, 7) is 2.93. The molecule has 21 heavy (non-hydrogen) atoms. The third-order valence-electron chi connectivity index (χ3n) is 5.10. The Kier molecular flexibility index (Phi) is 5.48. The van der Waals surface area contributed by atoms with Crippen LogP contribution < -0.4 is 10.6 Å². The van der Waals surface area contributed by atoms with Crippen molar-refractivity contribution >= 4 is 12.0 Å². The van der Waals surface area contributed by atoms with E-state index in [2.05, 4.69) is 17.6 Å². The van der Waals surface area contributed by atoms with E-state index in [9.17, 15) is 14.7 Å². The average Bonchev–Trinajstić information content (AvgIpc) is 2.88. The first-order valence-corrected chi connectivity index (χ1v) is 8.31. The highest BCUT2D eigenvalue weighted by Gasteiger charge is 2.42. The van der Waals surface area contributed by atoms with E-state index in [0.717, 1.165) is 25.2 Å². The number of carboxylic acids is 1. The molecule has 0 aliphatic heterocycles. The molecule has 2 aliphatic carbocycles. The molecule has 3 N–H and O–H groups in total. The van der Waals surface area contributed by atoms with E-state index >= 15 is 0 Å². The standard InChI is InChI=1S/C16H28N2O3/c1-12-5-4-6-13(11-12)7-10-17-15(21)18-16(14(19)20)8-2-3-9-16/h12-13H,2-11H2,1H3,(H,19,20)(H2,17,18,21). The lowest BCUT2D eigenvalue weighted by atomic mass is 9.81. The smallest absolute Gasteiger partial charge is 0.329 e. The second-order valence-corrected chi connectivity index (χ2v) is 6.90. The van der Waals surface area contributed by atoms with Gasteiger partial charge in [-0.15, -0.1) is 0 Å². The molecular weight excluding hydrogens is 268 g/mol. The Morgan fingerprint density at radius 1 is 1.19 bits per heavy atom. The molecular formula is C16H28N2O3. The van der Waals surface area contributed by atoms with Crippen LogP contribution in [-0.4, -0.2) is 29.2 Å². The first-order chi connectivity index (χ1) is 10.0. The van der Waals surface area contributed by atoms with Gasteiger partial charge in [0.25, 0.3) is 0 Å². The Balaban J connectivity index is 1.70. The van der Waals surface area contributed by atoms with E-state index in [4.69, 9.17) is 0 Å². The highest BCUT2D eigenvalue weighted by Crippen LogP contribution is 2.31. The second kappa shape index (κ2) is 7.14. The van der Waals surface area contributed by atoms with Crippen LogP contribution in [0, 0.1) is 11.8 Å². The number of amides is 2. The van der Waals surface area contributed by atoms with Gasteiger partial charge in [-0.1, -0.05) is 39.0 Å². The van der Waals surface area contributed by atoms with Crippen LogP contribution in [0.1, 0.15) is 64.7 Å². The number of hydrogen-bond donors (Lipinski definition) is 3. The predicted octanol–water partition coefficient (Wildman–Crippen LogP) is 2.90. The van der Waals surface area contributed by atoms with Crippen molar-refractivity contribution in [1.82, 2.24) is 10.6 Å². The molecule has 5 heteroatoms. The van der Waals surface area contributed by atoms with E-state index in [1.807, 2.05) is 0 Å². The van der Waals surface area contributed by atoms with Crippen LogP contribution in [0.5, 0.6) is 0 Å². The maximum absolute atomic E-state index is 11.9. The Morgan fingerprint density at radius 2 is 1.90 bits per heavy atom. The molecule has 5 nitrogen and oxygen atoms in total.